The number of hydrogen-bond donors (Lipinski definition) is 0. The zero-order valence-electron chi connectivity index (χ0n) is 82.1. The van der Waals surface area contributed by atoms with Crippen molar-refractivity contribution in [2.24, 2.45) is 0 Å². The summed E-state index contributed by atoms with van der Waals surface area (Å²) >= 11 is 0. The second-order valence-electron chi connectivity index (χ2n) is 39.6. The smallest absolute Gasteiger partial charge is 0.0725 e. The molecule has 0 aliphatic heterocycles. The van der Waals surface area contributed by atoms with Crippen LogP contribution in [0.3, 0.4) is 0 Å². The normalized spacial score (nSPS) is 12.2. The molecule has 0 N–H and O–H groups in total. The average Bonchev–Trinajstić information content (AvgIpc) is 1.50. The van der Waals surface area contributed by atoms with E-state index < -0.39 is 0 Å². The Labute approximate surface area is 869 Å². The van der Waals surface area contributed by atoms with Gasteiger partial charge in [0.15, 0.2) is 0 Å². The zero-order valence-corrected chi connectivity index (χ0v) is 82.1. The van der Waals surface area contributed by atoms with E-state index in [2.05, 4.69) is 599 Å². The third-order valence-corrected chi connectivity index (χ3v) is 31.5. The first-order chi connectivity index (χ1) is 74.4. The maximum Gasteiger partial charge on any atom is 0.0725 e. The molecule has 5 nitrogen and oxygen atoms in total. The molecule has 0 radical (unpaired) electrons. The second kappa shape index (κ2) is 35.9. The minimum absolute atomic E-state index is 0.348. The summed E-state index contributed by atoms with van der Waals surface area (Å²) in [6.45, 7) is 0. The molecular formula is C145H95N5. The average molecular weight is 1910 g/mol. The Balaban J connectivity index is 0.000000106. The zero-order chi connectivity index (χ0) is 98.9. The first kappa shape index (κ1) is 86.9. The van der Waals surface area contributed by atoms with Crippen LogP contribution in [0.1, 0.15) is 22.3 Å². The van der Waals surface area contributed by atoms with Crippen molar-refractivity contribution in [2.75, 3.05) is 0 Å². The van der Waals surface area contributed by atoms with E-state index >= 15 is 0 Å². The van der Waals surface area contributed by atoms with E-state index in [4.69, 9.17) is 0 Å². The van der Waals surface area contributed by atoms with Gasteiger partial charge in [0.2, 0.25) is 0 Å². The lowest BCUT2D eigenvalue weighted by Gasteiger charge is -2.30. The first-order valence-electron chi connectivity index (χ1n) is 51.8. The quantitative estimate of drug-likeness (QED) is 0.110. The number of benzene rings is 24. The Morgan fingerprint density at radius 2 is 0.287 bits per heavy atom. The third kappa shape index (κ3) is 14.4. The lowest BCUT2D eigenvalue weighted by molar-refractivity contribution is 0.794. The molecule has 24 aromatic carbocycles. The summed E-state index contributed by atoms with van der Waals surface area (Å²) in [5.41, 5.74) is 48.0. The molecule has 0 amide bonds. The van der Waals surface area contributed by atoms with E-state index in [1.165, 1.54) is 260 Å². The summed E-state index contributed by atoms with van der Waals surface area (Å²) in [5.74, 6) is 0. The Morgan fingerprint density at radius 1 is 0.100 bits per heavy atom. The van der Waals surface area contributed by atoms with Crippen LogP contribution < -0.4 is 0 Å². The van der Waals surface area contributed by atoms with Gasteiger partial charge in [-0.1, -0.05) is 419 Å². The van der Waals surface area contributed by atoms with Crippen LogP contribution in [0, 0.1) is 0 Å². The van der Waals surface area contributed by atoms with Gasteiger partial charge in [-0.15, -0.1) is 0 Å². The van der Waals surface area contributed by atoms with E-state index in [-0.39, 0.29) is 5.41 Å². The van der Waals surface area contributed by atoms with Gasteiger partial charge in [-0.3, -0.25) is 0 Å². The predicted octanol–water partition coefficient (Wildman–Crippen LogP) is 38.2. The number of fused-ring (bicyclic) bond motifs is 25. The Kier molecular flexibility index (Phi) is 20.8. The van der Waals surface area contributed by atoms with Gasteiger partial charge in [0.1, 0.15) is 0 Å². The molecule has 2 aliphatic rings. The van der Waals surface area contributed by atoms with E-state index in [1.807, 2.05) is 0 Å². The highest BCUT2D eigenvalue weighted by Gasteiger charge is 2.51. The number of rotatable bonds is 13. The van der Waals surface area contributed by atoms with Crippen LogP contribution in [0.5, 0.6) is 0 Å². The van der Waals surface area contributed by atoms with Crippen molar-refractivity contribution in [1.29, 1.82) is 0 Å². The lowest BCUT2D eigenvalue weighted by Crippen LogP contribution is -2.25. The Morgan fingerprint density at radius 3 is 0.600 bits per heavy atom. The van der Waals surface area contributed by atoms with Crippen molar-refractivity contribution < 1.29 is 0 Å². The summed E-state index contributed by atoms with van der Waals surface area (Å²) < 4.78 is 12.0. The molecule has 150 heavy (non-hydrogen) atoms. The number of nitrogens with zero attached hydrogens (tertiary/aromatic N) is 5. The fourth-order valence-electron chi connectivity index (χ4n) is 24.6. The van der Waals surface area contributed by atoms with Crippen LogP contribution in [0.2, 0.25) is 0 Å². The minimum Gasteiger partial charge on any atom is -0.309 e. The Hall–Kier alpha value is -19.7. The maximum atomic E-state index is 2.48. The number of aromatic nitrogens is 5. The summed E-state index contributed by atoms with van der Waals surface area (Å²) in [6, 6.07) is 210. The van der Waals surface area contributed by atoms with Gasteiger partial charge >= 0.3 is 0 Å². The van der Waals surface area contributed by atoms with Crippen molar-refractivity contribution in [3.63, 3.8) is 0 Å². The van der Waals surface area contributed by atoms with E-state index in [0.717, 1.165) is 11.4 Å². The van der Waals surface area contributed by atoms with Gasteiger partial charge in [-0.25, -0.2) is 0 Å². The molecule has 0 fully saturated rings. The van der Waals surface area contributed by atoms with Crippen LogP contribution >= 0.6 is 0 Å². The van der Waals surface area contributed by atoms with E-state index in [9.17, 15) is 0 Å². The molecule has 0 saturated carbocycles. The largest absolute Gasteiger partial charge is 0.309 e. The molecule has 0 atom stereocenters. The third-order valence-electron chi connectivity index (χ3n) is 31.5. The predicted molar refractivity (Wildman–Crippen MR) is 631 cm³/mol. The fourth-order valence-corrected chi connectivity index (χ4v) is 24.6. The Bertz CT molecular complexity index is 10300. The lowest BCUT2D eigenvalue weighted by atomic mass is 9.70. The highest BCUT2D eigenvalue weighted by molar-refractivity contribution is 6.17. The molecule has 2 aliphatic carbocycles. The fraction of sp³-hybridized carbons (Fsp3) is 0.00690. The molecule has 29 aromatic rings. The van der Waals surface area contributed by atoms with Gasteiger partial charge in [-0.05, 0) is 291 Å². The SMILES string of the molecule is c1ccc(-c2ccc(-c3ccc(-n4c5ccccc5c5cc(-c6ccc7c(c6)c6ccccc6n7-c6ccccc6)ccc54)cc3)cc2)cc1.c1ccc(-c2ccc(-c3cccc(-n4c5ccccc5c5cc(-c6ccc7c(c6)c6ccccc6n7-c6ccccc6)ccc54)c3)cc2)cc1.c1ccc(-c2cccc(-n3c4ccccc4c4cc(-c5ccc6c(c5)C5(c7ccccc7-c7ccccc75)c5ccccc5-6)ccc43)c2)cc1. The number of hydrogen-bond acceptors (Lipinski definition) is 0. The molecule has 5 heterocycles. The highest BCUT2D eigenvalue weighted by atomic mass is 15.0. The summed E-state index contributed by atoms with van der Waals surface area (Å²) in [5, 5.41) is 12.6. The summed E-state index contributed by atoms with van der Waals surface area (Å²) in [6.07, 6.45) is 0. The molecule has 0 saturated heterocycles. The van der Waals surface area contributed by atoms with E-state index in [1.54, 1.807) is 0 Å². The standard InChI is InChI=1S/C49H31N.2C48H32N2/c1-2-13-32(14-3-1)33-15-12-16-36(29-33)50-47-24-11-7-20-41(47)42-30-34(26-28-48(42)50)35-25-27-40-39-19-6-10-23-45(39)49(46(40)31-35)43-21-8-4-17-37(43)38-18-5-9-22-44(38)49;1-3-12-33(13-4-1)34-22-24-35(25-23-34)36-14-11-17-40(30-36)50-46-21-10-8-19-42(46)44-32-38(27-29-48(44)50)37-26-28-47-43(31-37)41-18-7-9-20-45(41)49(47)39-15-5-2-6-16-39;1-3-11-33(12-4-1)34-19-21-35(22-20-34)36-23-27-40(28-24-36)50-46-18-10-8-16-42(46)44-32-38(26-30-48(44)50)37-25-29-47-43(31-37)41-15-7-9-17-45(41)49(47)39-13-5-2-6-14-39/h1-31H;2*1-32H. The highest BCUT2D eigenvalue weighted by Crippen LogP contribution is 2.63. The second-order valence-corrected chi connectivity index (χ2v) is 39.6. The summed E-state index contributed by atoms with van der Waals surface area (Å²) in [7, 11) is 0. The molecule has 700 valence electrons. The van der Waals surface area contributed by atoms with Gasteiger partial charge in [0.25, 0.3) is 0 Å². The molecule has 1 spiro atoms. The summed E-state index contributed by atoms with van der Waals surface area (Å²) in [4.78, 5) is 0. The van der Waals surface area contributed by atoms with Gasteiger partial charge in [-0.2, -0.15) is 0 Å². The van der Waals surface area contributed by atoms with Crippen molar-refractivity contribution in [1.82, 2.24) is 22.8 Å². The van der Waals surface area contributed by atoms with Gasteiger partial charge < -0.3 is 22.8 Å². The molecular weight excluding hydrogens is 1810 g/mol. The van der Waals surface area contributed by atoms with Crippen molar-refractivity contribution in [3.05, 3.63) is 599 Å². The van der Waals surface area contributed by atoms with Crippen molar-refractivity contribution >= 4 is 109 Å². The molecule has 0 bridgehead atoms. The van der Waals surface area contributed by atoms with Crippen LogP contribution in [0.4, 0.5) is 0 Å². The van der Waals surface area contributed by atoms with Crippen LogP contribution in [-0.2, 0) is 5.41 Å². The van der Waals surface area contributed by atoms with Gasteiger partial charge in [0, 0.05) is 82.3 Å². The van der Waals surface area contributed by atoms with Gasteiger partial charge in [0.05, 0.1) is 60.6 Å². The van der Waals surface area contributed by atoms with Crippen molar-refractivity contribution in [2.45, 2.75) is 5.41 Å². The molecule has 0 unspecified atom stereocenters. The number of para-hydroxylation sites is 7. The monoisotopic (exact) mass is 1910 g/mol. The van der Waals surface area contributed by atoms with Crippen molar-refractivity contribution in [3.8, 4) is 140 Å². The molecule has 5 aromatic heterocycles. The first-order valence-corrected chi connectivity index (χ1v) is 51.8. The maximum absolute atomic E-state index is 2.48. The van der Waals surface area contributed by atoms with E-state index in [0.29, 0.717) is 0 Å². The van der Waals surface area contributed by atoms with Crippen LogP contribution in [-0.4, -0.2) is 22.8 Å². The van der Waals surface area contributed by atoms with Crippen LogP contribution in [0.25, 0.3) is 249 Å². The van der Waals surface area contributed by atoms with Crippen LogP contribution in [0.15, 0.2) is 576 Å². The molecule has 5 heteroatoms. The minimum atomic E-state index is -0.348. The molecule has 31 rings (SSSR count). The topological polar surface area (TPSA) is 24.6 Å².